The van der Waals surface area contributed by atoms with E-state index in [0.29, 0.717) is 11.3 Å². The van der Waals surface area contributed by atoms with Crippen molar-refractivity contribution < 1.29 is 18.0 Å². The van der Waals surface area contributed by atoms with Crippen LogP contribution in [-0.2, 0) is 11.0 Å². The second-order valence-corrected chi connectivity index (χ2v) is 5.93. The van der Waals surface area contributed by atoms with Gasteiger partial charge in [0, 0.05) is 5.56 Å². The number of hydrogen-bond acceptors (Lipinski definition) is 2. The maximum Gasteiger partial charge on any atom is 0.416 e. The molecular formula is C19H15F3N2O. The van der Waals surface area contributed by atoms with Crippen molar-refractivity contribution in [2.24, 2.45) is 0 Å². The molecule has 2 N–H and O–H groups in total. The highest BCUT2D eigenvalue weighted by Crippen LogP contribution is 2.39. The first kappa shape index (κ1) is 16.9. The highest BCUT2D eigenvalue weighted by atomic mass is 19.4. The third kappa shape index (κ3) is 3.45. The molecule has 1 unspecified atom stereocenters. The fourth-order valence-electron chi connectivity index (χ4n) is 2.91. The number of anilines is 2. The standard InChI is InChI=1S/C19H15F3N2O/c1-3-12-5-4-6-13(8-12)15-10-18(25)24-17-9-14(19(20,21)22)11(2)7-16(17)23-15/h1,4-9,15,23H,10H2,2H3,(H,24,25). The summed E-state index contributed by atoms with van der Waals surface area (Å²) in [6, 6.07) is 9.16. The Bertz CT molecular complexity index is 881. The molecule has 2 aromatic rings. The van der Waals surface area contributed by atoms with Crippen LogP contribution >= 0.6 is 0 Å². The SMILES string of the molecule is C#Cc1cccc(C2CC(=O)Nc3cc(C(F)(F)F)c(C)cc3N2)c1. The van der Waals surface area contributed by atoms with Crippen LogP contribution in [0.25, 0.3) is 0 Å². The first-order chi connectivity index (χ1) is 11.8. The monoisotopic (exact) mass is 344 g/mol. The lowest BCUT2D eigenvalue weighted by Crippen LogP contribution is -2.15. The average molecular weight is 344 g/mol. The summed E-state index contributed by atoms with van der Waals surface area (Å²) in [5.41, 5.74) is 1.38. The number of alkyl halides is 3. The largest absolute Gasteiger partial charge is 0.416 e. The van der Waals surface area contributed by atoms with Crippen molar-refractivity contribution in [1.82, 2.24) is 0 Å². The first-order valence-electron chi connectivity index (χ1n) is 7.62. The van der Waals surface area contributed by atoms with Crippen LogP contribution in [0.5, 0.6) is 0 Å². The summed E-state index contributed by atoms with van der Waals surface area (Å²) in [5.74, 6) is 2.17. The van der Waals surface area contributed by atoms with Gasteiger partial charge in [0.05, 0.1) is 29.4 Å². The maximum atomic E-state index is 13.1. The van der Waals surface area contributed by atoms with E-state index < -0.39 is 11.7 Å². The number of rotatable bonds is 1. The van der Waals surface area contributed by atoms with E-state index in [1.54, 1.807) is 18.2 Å². The van der Waals surface area contributed by atoms with Crippen LogP contribution in [0.4, 0.5) is 24.5 Å². The minimum atomic E-state index is -4.48. The van der Waals surface area contributed by atoms with E-state index in [9.17, 15) is 18.0 Å². The summed E-state index contributed by atoms with van der Waals surface area (Å²) in [4.78, 5) is 12.2. The van der Waals surface area contributed by atoms with Gasteiger partial charge in [-0.15, -0.1) is 6.42 Å². The Morgan fingerprint density at radius 1 is 1.20 bits per heavy atom. The van der Waals surface area contributed by atoms with Crippen LogP contribution in [-0.4, -0.2) is 5.91 Å². The van der Waals surface area contributed by atoms with E-state index in [2.05, 4.69) is 16.6 Å². The zero-order chi connectivity index (χ0) is 18.2. The van der Waals surface area contributed by atoms with Crippen molar-refractivity contribution in [2.75, 3.05) is 10.6 Å². The fraction of sp³-hybridized carbons (Fsp3) is 0.211. The van der Waals surface area contributed by atoms with Crippen LogP contribution in [0.15, 0.2) is 36.4 Å². The van der Waals surface area contributed by atoms with Crippen LogP contribution in [0.1, 0.15) is 34.7 Å². The minimum absolute atomic E-state index is 0.0864. The van der Waals surface area contributed by atoms with Crippen LogP contribution in [0, 0.1) is 19.3 Å². The van der Waals surface area contributed by atoms with Gasteiger partial charge in [-0.2, -0.15) is 13.2 Å². The van der Waals surface area contributed by atoms with E-state index >= 15 is 0 Å². The van der Waals surface area contributed by atoms with Crippen LogP contribution in [0.3, 0.4) is 0 Å². The lowest BCUT2D eigenvalue weighted by atomic mass is 10.0. The van der Waals surface area contributed by atoms with Crippen molar-refractivity contribution in [3.05, 3.63) is 58.7 Å². The Morgan fingerprint density at radius 3 is 2.64 bits per heavy atom. The van der Waals surface area contributed by atoms with Gasteiger partial charge in [-0.1, -0.05) is 18.1 Å². The zero-order valence-electron chi connectivity index (χ0n) is 13.4. The Labute approximate surface area is 143 Å². The normalized spacial score (nSPS) is 16.9. The average Bonchev–Trinajstić information content (AvgIpc) is 2.71. The molecule has 2 aromatic carbocycles. The molecule has 0 aliphatic carbocycles. The van der Waals surface area contributed by atoms with Gasteiger partial charge < -0.3 is 10.6 Å². The second-order valence-electron chi connectivity index (χ2n) is 5.93. The third-order valence-corrected chi connectivity index (χ3v) is 4.12. The van der Waals surface area contributed by atoms with Crippen molar-refractivity contribution in [1.29, 1.82) is 0 Å². The van der Waals surface area contributed by atoms with Gasteiger partial charge in [0.1, 0.15) is 0 Å². The number of benzene rings is 2. The van der Waals surface area contributed by atoms with E-state index in [1.807, 2.05) is 6.07 Å². The van der Waals surface area contributed by atoms with E-state index in [1.165, 1.54) is 13.0 Å². The molecule has 0 bridgehead atoms. The van der Waals surface area contributed by atoms with Gasteiger partial charge in [-0.3, -0.25) is 4.79 Å². The van der Waals surface area contributed by atoms with Gasteiger partial charge in [0.2, 0.25) is 5.91 Å². The minimum Gasteiger partial charge on any atom is -0.376 e. The predicted octanol–water partition coefficient (Wildman–Crippen LogP) is 4.49. The molecule has 6 heteroatoms. The molecule has 0 aromatic heterocycles. The van der Waals surface area contributed by atoms with Gasteiger partial charge in [0.25, 0.3) is 0 Å². The molecule has 0 fully saturated rings. The fourth-order valence-corrected chi connectivity index (χ4v) is 2.91. The molecule has 1 aliphatic heterocycles. The molecule has 1 amide bonds. The van der Waals surface area contributed by atoms with Gasteiger partial charge in [-0.05, 0) is 42.3 Å². The summed E-state index contributed by atoms with van der Waals surface area (Å²) in [7, 11) is 0. The molecule has 128 valence electrons. The molecule has 3 nitrogen and oxygen atoms in total. The molecule has 0 saturated heterocycles. The van der Waals surface area contributed by atoms with Crippen LogP contribution < -0.4 is 10.6 Å². The molecule has 1 heterocycles. The third-order valence-electron chi connectivity index (χ3n) is 4.12. The lowest BCUT2D eigenvalue weighted by molar-refractivity contribution is -0.138. The Hall–Kier alpha value is -2.94. The Kier molecular flexibility index (Phi) is 4.17. The molecule has 1 atom stereocenters. The second kappa shape index (κ2) is 6.17. The lowest BCUT2D eigenvalue weighted by Gasteiger charge is -2.19. The van der Waals surface area contributed by atoms with Crippen molar-refractivity contribution in [2.45, 2.75) is 25.6 Å². The van der Waals surface area contributed by atoms with Gasteiger partial charge >= 0.3 is 6.18 Å². The summed E-state index contributed by atoms with van der Waals surface area (Å²) in [5, 5.41) is 5.71. The molecule has 3 rings (SSSR count). The quantitative estimate of drug-likeness (QED) is 0.749. The number of nitrogens with one attached hydrogen (secondary N) is 2. The van der Waals surface area contributed by atoms with Gasteiger partial charge in [-0.25, -0.2) is 0 Å². The number of carbonyl (C=O) groups excluding carboxylic acids is 1. The molecule has 25 heavy (non-hydrogen) atoms. The number of amides is 1. The molecule has 1 aliphatic rings. The Balaban J connectivity index is 2.03. The van der Waals surface area contributed by atoms with E-state index in [-0.39, 0.29) is 29.6 Å². The topological polar surface area (TPSA) is 41.1 Å². The van der Waals surface area contributed by atoms with Crippen molar-refractivity contribution >= 4 is 17.3 Å². The number of fused-ring (bicyclic) bond motifs is 1. The number of halogens is 3. The number of carbonyl (C=O) groups is 1. The highest BCUT2D eigenvalue weighted by molar-refractivity contribution is 5.97. The zero-order valence-corrected chi connectivity index (χ0v) is 13.4. The highest BCUT2D eigenvalue weighted by Gasteiger charge is 2.34. The van der Waals surface area contributed by atoms with Crippen molar-refractivity contribution in [3.63, 3.8) is 0 Å². The number of aryl methyl sites for hydroxylation is 1. The smallest absolute Gasteiger partial charge is 0.376 e. The van der Waals surface area contributed by atoms with E-state index in [4.69, 9.17) is 6.42 Å². The summed E-state index contributed by atoms with van der Waals surface area (Å²) in [6.45, 7) is 1.39. The van der Waals surface area contributed by atoms with Gasteiger partial charge in [0.15, 0.2) is 0 Å². The first-order valence-corrected chi connectivity index (χ1v) is 7.62. The number of hydrogen-bond donors (Lipinski definition) is 2. The summed E-state index contributed by atoms with van der Waals surface area (Å²) >= 11 is 0. The summed E-state index contributed by atoms with van der Waals surface area (Å²) in [6.07, 6.45) is 1.01. The Morgan fingerprint density at radius 2 is 1.96 bits per heavy atom. The molecule has 0 radical (unpaired) electrons. The summed E-state index contributed by atoms with van der Waals surface area (Å²) < 4.78 is 39.3. The number of terminal acetylenes is 1. The maximum absolute atomic E-state index is 13.1. The van der Waals surface area contributed by atoms with E-state index in [0.717, 1.165) is 11.6 Å². The molecule has 0 spiro atoms. The molecular weight excluding hydrogens is 329 g/mol. The molecule has 0 saturated carbocycles. The van der Waals surface area contributed by atoms with Crippen LogP contribution in [0.2, 0.25) is 0 Å². The van der Waals surface area contributed by atoms with Crippen molar-refractivity contribution in [3.8, 4) is 12.3 Å². The predicted molar refractivity (Wildman–Crippen MR) is 90.2 cm³/mol.